The molecule has 8 heteroatoms. The fraction of sp³-hybridized carbons (Fsp3) is 0.133. The molecule has 0 amide bonds. The molecule has 0 fully saturated rings. The lowest BCUT2D eigenvalue weighted by Crippen LogP contribution is -2.13. The Morgan fingerprint density at radius 2 is 1.65 bits per heavy atom. The molecule has 0 aromatic heterocycles. The summed E-state index contributed by atoms with van der Waals surface area (Å²) in [5, 5.41) is 0. The van der Waals surface area contributed by atoms with Gasteiger partial charge in [-0.2, -0.15) is 0 Å². The minimum absolute atomic E-state index is 0.157. The first-order valence-corrected chi connectivity index (χ1v) is 8.06. The van der Waals surface area contributed by atoms with Crippen LogP contribution < -0.4 is 4.72 Å². The quantitative estimate of drug-likeness (QED) is 0.849. The maximum Gasteiger partial charge on any atom is 0.338 e. The Hall–Kier alpha value is -2.48. The van der Waals surface area contributed by atoms with Crippen molar-refractivity contribution in [3.8, 4) is 0 Å². The first-order valence-electron chi connectivity index (χ1n) is 6.58. The van der Waals surface area contributed by atoms with Gasteiger partial charge < -0.3 is 4.74 Å². The van der Waals surface area contributed by atoms with Gasteiger partial charge in [0.15, 0.2) is 0 Å². The lowest BCUT2D eigenvalue weighted by atomic mass is 10.2. The zero-order valence-electron chi connectivity index (χ0n) is 12.0. The Bertz CT molecular complexity index is 800. The molecule has 0 aliphatic carbocycles. The maximum atomic E-state index is 13.1. The smallest absolute Gasteiger partial charge is 0.338 e. The second-order valence-electron chi connectivity index (χ2n) is 4.51. The highest BCUT2D eigenvalue weighted by molar-refractivity contribution is 7.92. The van der Waals surface area contributed by atoms with E-state index in [1.165, 1.54) is 24.3 Å². The molecule has 0 atom stereocenters. The molecule has 0 bridgehead atoms. The van der Waals surface area contributed by atoms with Crippen molar-refractivity contribution in [2.24, 2.45) is 0 Å². The van der Waals surface area contributed by atoms with Gasteiger partial charge in [-0.3, -0.25) is 4.72 Å². The van der Waals surface area contributed by atoms with Crippen LogP contribution in [0, 0.1) is 11.6 Å². The van der Waals surface area contributed by atoms with E-state index in [0.29, 0.717) is 6.07 Å². The molecule has 5 nitrogen and oxygen atoms in total. The summed E-state index contributed by atoms with van der Waals surface area (Å²) in [5.74, 6) is -2.38. The van der Waals surface area contributed by atoms with Crippen molar-refractivity contribution in [2.45, 2.75) is 11.8 Å². The van der Waals surface area contributed by atoms with Crippen molar-refractivity contribution in [1.29, 1.82) is 0 Å². The zero-order valence-corrected chi connectivity index (χ0v) is 12.9. The summed E-state index contributed by atoms with van der Waals surface area (Å²) in [4.78, 5) is 11.3. The van der Waals surface area contributed by atoms with Gasteiger partial charge in [-0.15, -0.1) is 0 Å². The van der Waals surface area contributed by atoms with E-state index < -0.39 is 27.6 Å². The van der Waals surface area contributed by atoms with Crippen molar-refractivity contribution in [3.05, 3.63) is 59.7 Å². The van der Waals surface area contributed by atoms with Crippen LogP contribution in [-0.4, -0.2) is 21.0 Å². The zero-order chi connectivity index (χ0) is 17.0. The minimum atomic E-state index is -4.04. The van der Waals surface area contributed by atoms with E-state index in [1.807, 2.05) is 0 Å². The topological polar surface area (TPSA) is 72.5 Å². The summed E-state index contributed by atoms with van der Waals surface area (Å²) >= 11 is 0. The third-order valence-electron chi connectivity index (χ3n) is 2.79. The number of esters is 1. The number of anilines is 1. The van der Waals surface area contributed by atoms with Crippen molar-refractivity contribution >= 4 is 21.7 Å². The van der Waals surface area contributed by atoms with Crippen LogP contribution in [0.4, 0.5) is 14.5 Å². The minimum Gasteiger partial charge on any atom is -0.462 e. The molecule has 0 spiro atoms. The van der Waals surface area contributed by atoms with E-state index >= 15 is 0 Å². The van der Waals surface area contributed by atoms with Gasteiger partial charge in [0, 0.05) is 6.07 Å². The highest BCUT2D eigenvalue weighted by Crippen LogP contribution is 2.19. The molecule has 2 rings (SSSR count). The van der Waals surface area contributed by atoms with E-state index in [4.69, 9.17) is 4.74 Å². The molecule has 0 saturated carbocycles. The van der Waals surface area contributed by atoms with E-state index in [1.54, 1.807) is 6.92 Å². The Morgan fingerprint density at radius 1 is 1.09 bits per heavy atom. The third kappa shape index (κ3) is 4.26. The number of carbonyl (C=O) groups excluding carboxylic acids is 1. The number of benzene rings is 2. The van der Waals surface area contributed by atoms with E-state index in [2.05, 4.69) is 4.72 Å². The summed E-state index contributed by atoms with van der Waals surface area (Å²) < 4.78 is 57.4. The number of sulfonamides is 1. The summed E-state index contributed by atoms with van der Waals surface area (Å²) in [6, 6.07) is 7.32. The molecule has 0 unspecified atom stereocenters. The fourth-order valence-electron chi connectivity index (χ4n) is 1.81. The van der Waals surface area contributed by atoms with E-state index in [-0.39, 0.29) is 22.8 Å². The van der Waals surface area contributed by atoms with Crippen LogP contribution in [0.5, 0.6) is 0 Å². The highest BCUT2D eigenvalue weighted by Gasteiger charge is 2.16. The predicted molar refractivity (Wildman–Crippen MR) is 79.6 cm³/mol. The second-order valence-corrected chi connectivity index (χ2v) is 6.19. The lowest BCUT2D eigenvalue weighted by molar-refractivity contribution is 0.0526. The van der Waals surface area contributed by atoms with Gasteiger partial charge >= 0.3 is 5.97 Å². The molecular weight excluding hydrogens is 328 g/mol. The first-order chi connectivity index (χ1) is 10.8. The van der Waals surface area contributed by atoms with Gasteiger partial charge in [-0.25, -0.2) is 22.0 Å². The van der Waals surface area contributed by atoms with Gasteiger partial charge in [0.25, 0.3) is 10.0 Å². The van der Waals surface area contributed by atoms with Crippen LogP contribution in [0.2, 0.25) is 0 Å². The summed E-state index contributed by atoms with van der Waals surface area (Å²) in [6.07, 6.45) is 0. The molecule has 0 radical (unpaired) electrons. The Kier molecular flexibility index (Phi) is 4.95. The Balaban J connectivity index is 2.24. The Labute approximate surface area is 132 Å². The molecule has 0 heterocycles. The summed E-state index contributed by atoms with van der Waals surface area (Å²) in [5.41, 5.74) is -0.0421. The van der Waals surface area contributed by atoms with Gasteiger partial charge in [0.1, 0.15) is 11.6 Å². The van der Waals surface area contributed by atoms with E-state index in [9.17, 15) is 22.0 Å². The predicted octanol–water partition coefficient (Wildman–Crippen LogP) is 2.94. The van der Waals surface area contributed by atoms with Crippen LogP contribution in [-0.2, 0) is 14.8 Å². The van der Waals surface area contributed by atoms with Gasteiger partial charge in [0.2, 0.25) is 0 Å². The standard InChI is InChI=1S/C15H13F2NO4S/c1-2-22-15(19)10-3-5-14(6-4-10)23(20,21)18-13-8-11(16)7-12(17)9-13/h3-9,18H,2H2,1H3. The Morgan fingerprint density at radius 3 is 2.17 bits per heavy atom. The van der Waals surface area contributed by atoms with Crippen LogP contribution in [0.25, 0.3) is 0 Å². The molecular formula is C15H13F2NO4S. The molecule has 1 N–H and O–H groups in total. The number of hydrogen-bond donors (Lipinski definition) is 1. The largest absolute Gasteiger partial charge is 0.462 e. The number of nitrogens with one attached hydrogen (secondary N) is 1. The summed E-state index contributed by atoms with van der Waals surface area (Å²) in [6.45, 7) is 1.85. The number of hydrogen-bond acceptors (Lipinski definition) is 4. The molecule has 0 saturated heterocycles. The summed E-state index contributed by atoms with van der Waals surface area (Å²) in [7, 11) is -4.04. The van der Waals surface area contributed by atoms with Gasteiger partial charge in [-0.05, 0) is 43.3 Å². The first kappa shape index (κ1) is 16.9. The van der Waals surface area contributed by atoms with Crippen molar-refractivity contribution in [1.82, 2.24) is 0 Å². The highest BCUT2D eigenvalue weighted by atomic mass is 32.2. The van der Waals surface area contributed by atoms with Gasteiger partial charge in [-0.1, -0.05) is 0 Å². The number of rotatable bonds is 5. The normalized spacial score (nSPS) is 11.1. The van der Waals surface area contributed by atoms with Crippen LogP contribution >= 0.6 is 0 Å². The third-order valence-corrected chi connectivity index (χ3v) is 4.19. The van der Waals surface area contributed by atoms with Crippen LogP contribution in [0.15, 0.2) is 47.4 Å². The average Bonchev–Trinajstić information content (AvgIpc) is 2.46. The SMILES string of the molecule is CCOC(=O)c1ccc(S(=O)(=O)Nc2cc(F)cc(F)c2)cc1. The van der Waals surface area contributed by atoms with Crippen molar-refractivity contribution < 1.29 is 26.7 Å². The maximum absolute atomic E-state index is 13.1. The monoisotopic (exact) mass is 341 g/mol. The van der Waals surface area contributed by atoms with Crippen LogP contribution in [0.1, 0.15) is 17.3 Å². The molecule has 23 heavy (non-hydrogen) atoms. The number of ether oxygens (including phenoxy) is 1. The number of halogens is 2. The second kappa shape index (κ2) is 6.74. The fourth-order valence-corrected chi connectivity index (χ4v) is 2.85. The van der Waals surface area contributed by atoms with Crippen LogP contribution in [0.3, 0.4) is 0 Å². The molecule has 2 aromatic carbocycles. The molecule has 0 aliphatic heterocycles. The van der Waals surface area contributed by atoms with Crippen molar-refractivity contribution in [2.75, 3.05) is 11.3 Å². The lowest BCUT2D eigenvalue weighted by Gasteiger charge is -2.09. The average molecular weight is 341 g/mol. The number of carbonyl (C=O) groups is 1. The van der Waals surface area contributed by atoms with Gasteiger partial charge in [0.05, 0.1) is 22.8 Å². The molecule has 0 aliphatic rings. The van der Waals surface area contributed by atoms with E-state index in [0.717, 1.165) is 12.1 Å². The molecule has 2 aromatic rings. The van der Waals surface area contributed by atoms with Crippen molar-refractivity contribution in [3.63, 3.8) is 0 Å². The molecule has 122 valence electrons.